The highest BCUT2D eigenvalue weighted by molar-refractivity contribution is 5.83. The molecule has 0 saturated carbocycles. The first kappa shape index (κ1) is 13.9. The van der Waals surface area contributed by atoms with E-state index < -0.39 is 0 Å². The third kappa shape index (κ3) is 3.29. The molecule has 102 valence electrons. The lowest BCUT2D eigenvalue weighted by Crippen LogP contribution is -1.98. The number of aliphatic imine (C=N–C) groups is 1. The summed E-state index contributed by atoms with van der Waals surface area (Å²) in [6, 6.07) is 14.7. The molecule has 0 fully saturated rings. The number of nitrogens with zero attached hydrogens (tertiary/aromatic N) is 2. The molecule has 0 atom stereocenters. The number of nitro benzene ring substituents is 1. The van der Waals surface area contributed by atoms with Crippen molar-refractivity contribution in [2.75, 3.05) is 0 Å². The van der Waals surface area contributed by atoms with E-state index in [4.69, 9.17) is 0 Å². The van der Waals surface area contributed by atoms with E-state index >= 15 is 0 Å². The molecule has 0 saturated heterocycles. The Labute approximate surface area is 117 Å². The van der Waals surface area contributed by atoms with E-state index in [1.165, 1.54) is 0 Å². The van der Waals surface area contributed by atoms with E-state index in [0.29, 0.717) is 0 Å². The Morgan fingerprint density at radius 2 is 1.85 bits per heavy atom. The summed E-state index contributed by atoms with van der Waals surface area (Å²) >= 11 is 0. The van der Waals surface area contributed by atoms with Gasteiger partial charge >= 0.3 is 0 Å². The number of hydrogen-bond donors (Lipinski definition) is 0. The molecule has 2 aromatic rings. The van der Waals surface area contributed by atoms with Crippen LogP contribution in [0.5, 0.6) is 0 Å². The van der Waals surface area contributed by atoms with Crippen molar-refractivity contribution in [2.24, 2.45) is 4.99 Å². The lowest BCUT2D eigenvalue weighted by atomic mass is 9.99. The fourth-order valence-corrected chi connectivity index (χ4v) is 1.95. The Balaban J connectivity index is 2.32. The monoisotopic (exact) mass is 268 g/mol. The summed E-state index contributed by atoms with van der Waals surface area (Å²) in [6.07, 6.45) is 1.65. The van der Waals surface area contributed by atoms with E-state index in [2.05, 4.69) is 4.99 Å². The molecule has 0 aliphatic heterocycles. The van der Waals surface area contributed by atoms with Crippen LogP contribution in [0.3, 0.4) is 0 Å². The normalized spacial score (nSPS) is 11.2. The van der Waals surface area contributed by atoms with Crippen LogP contribution >= 0.6 is 0 Å². The van der Waals surface area contributed by atoms with Gasteiger partial charge in [-0.15, -0.1) is 0 Å². The highest BCUT2D eigenvalue weighted by Crippen LogP contribution is 2.27. The Bertz CT molecular complexity index is 634. The smallest absolute Gasteiger partial charge is 0.258 e. The molecule has 2 rings (SSSR count). The lowest BCUT2D eigenvalue weighted by Gasteiger charge is -2.06. The molecule has 0 aliphatic rings. The Morgan fingerprint density at radius 3 is 2.45 bits per heavy atom. The molecule has 0 radical (unpaired) electrons. The Hall–Kier alpha value is -2.49. The summed E-state index contributed by atoms with van der Waals surface area (Å²) in [5, 5.41) is 11.1. The van der Waals surface area contributed by atoms with Gasteiger partial charge in [-0.1, -0.05) is 44.2 Å². The van der Waals surface area contributed by atoms with Crippen molar-refractivity contribution in [3.8, 4) is 0 Å². The zero-order valence-electron chi connectivity index (χ0n) is 11.5. The van der Waals surface area contributed by atoms with Crippen LogP contribution in [-0.4, -0.2) is 11.1 Å². The van der Waals surface area contributed by atoms with Crippen LogP contribution in [-0.2, 0) is 0 Å². The molecular weight excluding hydrogens is 252 g/mol. The highest BCUT2D eigenvalue weighted by Gasteiger charge is 2.16. The summed E-state index contributed by atoms with van der Waals surface area (Å²) in [5.74, 6) is 0.121. The maximum Gasteiger partial charge on any atom is 0.273 e. The van der Waals surface area contributed by atoms with E-state index in [1.54, 1.807) is 18.3 Å². The SMILES string of the molecule is CC(C)c1ccc(C=Nc2ccccc2)cc1[N+](=O)[O-]. The highest BCUT2D eigenvalue weighted by atomic mass is 16.6. The Morgan fingerprint density at radius 1 is 1.15 bits per heavy atom. The summed E-state index contributed by atoms with van der Waals surface area (Å²) in [5.41, 5.74) is 2.44. The predicted molar refractivity (Wildman–Crippen MR) is 80.9 cm³/mol. The molecule has 0 N–H and O–H groups in total. The third-order valence-corrected chi connectivity index (χ3v) is 2.99. The summed E-state index contributed by atoms with van der Waals surface area (Å²) in [7, 11) is 0. The van der Waals surface area contributed by atoms with Gasteiger partial charge in [0.1, 0.15) is 0 Å². The molecular formula is C16H16N2O2. The molecule has 0 amide bonds. The first-order chi connectivity index (χ1) is 9.58. The lowest BCUT2D eigenvalue weighted by molar-refractivity contribution is -0.385. The number of benzene rings is 2. The first-order valence-corrected chi connectivity index (χ1v) is 6.45. The largest absolute Gasteiger partial charge is 0.273 e. The van der Waals surface area contributed by atoms with Crippen molar-refractivity contribution in [3.05, 3.63) is 69.8 Å². The van der Waals surface area contributed by atoms with Crippen LogP contribution in [0.2, 0.25) is 0 Å². The maximum atomic E-state index is 11.1. The number of nitro groups is 1. The third-order valence-electron chi connectivity index (χ3n) is 2.99. The van der Waals surface area contributed by atoms with E-state index in [0.717, 1.165) is 16.8 Å². The summed E-state index contributed by atoms with van der Waals surface area (Å²) in [4.78, 5) is 15.1. The van der Waals surface area contributed by atoms with Crippen molar-refractivity contribution >= 4 is 17.6 Å². The van der Waals surface area contributed by atoms with E-state index in [1.807, 2.05) is 50.2 Å². The average molecular weight is 268 g/mol. The van der Waals surface area contributed by atoms with Crippen LogP contribution in [0.25, 0.3) is 0 Å². The van der Waals surface area contributed by atoms with Gasteiger partial charge in [0, 0.05) is 17.8 Å². The number of para-hydroxylation sites is 1. The number of rotatable bonds is 4. The molecule has 0 aliphatic carbocycles. The van der Waals surface area contributed by atoms with Gasteiger partial charge in [0.2, 0.25) is 0 Å². The van der Waals surface area contributed by atoms with Crippen molar-refractivity contribution in [3.63, 3.8) is 0 Å². The van der Waals surface area contributed by atoms with Gasteiger partial charge in [-0.2, -0.15) is 0 Å². The van der Waals surface area contributed by atoms with Gasteiger partial charge in [0.15, 0.2) is 0 Å². The molecule has 0 aromatic heterocycles. The van der Waals surface area contributed by atoms with Crippen LogP contribution in [0.1, 0.15) is 30.9 Å². The minimum atomic E-state index is -0.338. The zero-order valence-corrected chi connectivity index (χ0v) is 11.5. The number of hydrogen-bond acceptors (Lipinski definition) is 3. The maximum absolute atomic E-state index is 11.1. The van der Waals surface area contributed by atoms with Crippen molar-refractivity contribution in [2.45, 2.75) is 19.8 Å². The second-order valence-corrected chi connectivity index (χ2v) is 4.82. The van der Waals surface area contributed by atoms with Crippen molar-refractivity contribution in [1.82, 2.24) is 0 Å². The second kappa shape index (κ2) is 6.10. The zero-order chi connectivity index (χ0) is 14.5. The minimum Gasteiger partial charge on any atom is -0.258 e. The summed E-state index contributed by atoms with van der Waals surface area (Å²) in [6.45, 7) is 3.89. The standard InChI is InChI=1S/C16H16N2O2/c1-12(2)15-9-8-13(10-16(15)18(19)20)11-17-14-6-4-3-5-7-14/h3-12H,1-2H3. The molecule has 2 aromatic carbocycles. The second-order valence-electron chi connectivity index (χ2n) is 4.82. The molecule has 0 unspecified atom stereocenters. The van der Waals surface area contributed by atoms with Gasteiger partial charge in [-0.3, -0.25) is 15.1 Å². The summed E-state index contributed by atoms with van der Waals surface area (Å²) < 4.78 is 0. The fourth-order valence-electron chi connectivity index (χ4n) is 1.95. The molecule has 0 spiro atoms. The molecule has 0 bridgehead atoms. The van der Waals surface area contributed by atoms with Crippen LogP contribution in [0.4, 0.5) is 11.4 Å². The van der Waals surface area contributed by atoms with Crippen molar-refractivity contribution in [1.29, 1.82) is 0 Å². The minimum absolute atomic E-state index is 0.121. The molecule has 20 heavy (non-hydrogen) atoms. The van der Waals surface area contributed by atoms with Crippen LogP contribution < -0.4 is 0 Å². The topological polar surface area (TPSA) is 55.5 Å². The van der Waals surface area contributed by atoms with Crippen LogP contribution in [0.15, 0.2) is 53.5 Å². The quantitative estimate of drug-likeness (QED) is 0.466. The molecule has 4 nitrogen and oxygen atoms in total. The molecule has 0 heterocycles. The van der Waals surface area contributed by atoms with Gasteiger partial charge in [-0.25, -0.2) is 0 Å². The Kier molecular flexibility index (Phi) is 4.25. The molecule has 4 heteroatoms. The first-order valence-electron chi connectivity index (χ1n) is 6.45. The van der Waals surface area contributed by atoms with E-state index in [9.17, 15) is 10.1 Å². The fraction of sp³-hybridized carbons (Fsp3) is 0.188. The van der Waals surface area contributed by atoms with Gasteiger partial charge in [0.25, 0.3) is 5.69 Å². The van der Waals surface area contributed by atoms with Gasteiger partial charge in [0.05, 0.1) is 10.6 Å². The predicted octanol–water partition coefficient (Wildman–Crippen LogP) is 4.47. The van der Waals surface area contributed by atoms with Crippen LogP contribution in [0, 0.1) is 10.1 Å². The average Bonchev–Trinajstić information content (AvgIpc) is 2.45. The van der Waals surface area contributed by atoms with Gasteiger partial charge in [-0.05, 0) is 23.6 Å². The van der Waals surface area contributed by atoms with Gasteiger partial charge < -0.3 is 0 Å². The van der Waals surface area contributed by atoms with E-state index in [-0.39, 0.29) is 16.5 Å². The van der Waals surface area contributed by atoms with Crippen molar-refractivity contribution < 1.29 is 4.92 Å².